The minimum atomic E-state index is -3.46. The molecule has 0 amide bonds. The Labute approximate surface area is 129 Å². The molecule has 3 aromatic rings. The van der Waals surface area contributed by atoms with Crippen molar-refractivity contribution in [2.45, 2.75) is 0 Å². The maximum Gasteiger partial charge on any atom is 0.342 e. The van der Waals surface area contributed by atoms with E-state index in [2.05, 4.69) is 14.7 Å². The van der Waals surface area contributed by atoms with Gasteiger partial charge in [0.1, 0.15) is 17.5 Å². The third-order valence-corrected chi connectivity index (χ3v) is 3.68. The van der Waals surface area contributed by atoms with Crippen molar-refractivity contribution in [3.63, 3.8) is 0 Å². The van der Waals surface area contributed by atoms with Crippen molar-refractivity contribution >= 4 is 38.2 Å². The Kier molecular flexibility index (Phi) is 3.25. The number of aromatic nitrogens is 3. The van der Waals surface area contributed by atoms with Gasteiger partial charge in [-0.15, -0.1) is 0 Å². The Morgan fingerprint density at radius 3 is 2.70 bits per heavy atom. The van der Waals surface area contributed by atoms with Crippen LogP contribution >= 0.6 is 0 Å². The minimum Gasteiger partial charge on any atom is -0.477 e. The Hall–Kier alpha value is -3.01. The highest BCUT2D eigenvalue weighted by molar-refractivity contribution is 7.92. The van der Waals surface area contributed by atoms with Gasteiger partial charge in [-0.2, -0.15) is 0 Å². The summed E-state index contributed by atoms with van der Waals surface area (Å²) in [6.07, 6.45) is 3.17. The normalized spacial score (nSPS) is 11.7. The van der Waals surface area contributed by atoms with Crippen LogP contribution in [-0.2, 0) is 10.0 Å². The second kappa shape index (κ2) is 5.02. The lowest BCUT2D eigenvalue weighted by molar-refractivity contribution is 0.0694. The Morgan fingerprint density at radius 2 is 2.04 bits per heavy atom. The van der Waals surface area contributed by atoms with Crippen molar-refractivity contribution in [2.24, 2.45) is 0 Å². The quantitative estimate of drug-likeness (QED) is 0.659. The van der Waals surface area contributed by atoms with Gasteiger partial charge in [-0.1, -0.05) is 0 Å². The number of nitrogens with zero attached hydrogens (tertiary/aromatic N) is 3. The van der Waals surface area contributed by atoms with E-state index >= 15 is 0 Å². The number of hydrogen-bond acceptors (Lipinski definition) is 6. The zero-order valence-corrected chi connectivity index (χ0v) is 12.5. The number of anilines is 1. The van der Waals surface area contributed by atoms with Gasteiger partial charge < -0.3 is 5.11 Å². The summed E-state index contributed by atoms with van der Waals surface area (Å²) in [6, 6.07) is 4.57. The van der Waals surface area contributed by atoms with E-state index in [1.807, 2.05) is 0 Å². The third-order valence-electron chi connectivity index (χ3n) is 3.08. The van der Waals surface area contributed by atoms with Crippen molar-refractivity contribution in [3.8, 4) is 0 Å². The topological polar surface area (TPSA) is 131 Å². The average molecular weight is 334 g/mol. The standard InChI is InChI=1S/C13H10N4O5S/c1-23(21,22)16-7-2-3-10-8(4-7)11-14-5-9(13(19)20)12(18)17(11)6-15-10/h2-6,16H,1H3,(H,19,20). The molecule has 0 unspecified atom stereocenters. The van der Waals surface area contributed by atoms with Gasteiger partial charge in [0.15, 0.2) is 0 Å². The molecule has 1 aromatic carbocycles. The molecule has 0 aliphatic heterocycles. The molecule has 0 saturated carbocycles. The highest BCUT2D eigenvalue weighted by Crippen LogP contribution is 2.20. The van der Waals surface area contributed by atoms with E-state index < -0.39 is 27.1 Å². The number of carbonyl (C=O) groups is 1. The molecule has 0 aliphatic carbocycles. The van der Waals surface area contributed by atoms with Gasteiger partial charge in [0.2, 0.25) is 10.0 Å². The van der Waals surface area contributed by atoms with Crippen LogP contribution in [0.4, 0.5) is 5.69 Å². The van der Waals surface area contributed by atoms with Crippen LogP contribution in [0.15, 0.2) is 35.5 Å². The van der Waals surface area contributed by atoms with E-state index in [-0.39, 0.29) is 11.3 Å². The smallest absolute Gasteiger partial charge is 0.342 e. The van der Waals surface area contributed by atoms with Gasteiger partial charge in [0.25, 0.3) is 5.56 Å². The number of carboxylic acid groups (broad SMARTS) is 1. The van der Waals surface area contributed by atoms with Crippen LogP contribution in [0.1, 0.15) is 10.4 Å². The van der Waals surface area contributed by atoms with Crippen molar-refractivity contribution < 1.29 is 18.3 Å². The molecule has 23 heavy (non-hydrogen) atoms. The average Bonchev–Trinajstić information content (AvgIpc) is 2.45. The number of carboxylic acids is 1. The summed E-state index contributed by atoms with van der Waals surface area (Å²) in [5.74, 6) is -1.38. The predicted octanol–water partition coefficient (Wildman–Crippen LogP) is 0.312. The Morgan fingerprint density at radius 1 is 1.30 bits per heavy atom. The summed E-state index contributed by atoms with van der Waals surface area (Å²) in [4.78, 5) is 31.2. The molecule has 3 rings (SSSR count). The fourth-order valence-corrected chi connectivity index (χ4v) is 2.70. The third kappa shape index (κ3) is 2.71. The maximum absolute atomic E-state index is 12.1. The molecule has 0 radical (unpaired) electrons. The fourth-order valence-electron chi connectivity index (χ4n) is 2.15. The number of aromatic carboxylic acids is 1. The molecule has 0 bridgehead atoms. The lowest BCUT2D eigenvalue weighted by atomic mass is 10.2. The van der Waals surface area contributed by atoms with Crippen LogP contribution in [0.25, 0.3) is 16.6 Å². The number of nitrogens with one attached hydrogen (secondary N) is 1. The molecule has 9 nitrogen and oxygen atoms in total. The van der Waals surface area contributed by atoms with Gasteiger partial charge in [-0.05, 0) is 18.2 Å². The molecule has 0 fully saturated rings. The van der Waals surface area contributed by atoms with Crippen LogP contribution < -0.4 is 10.3 Å². The molecule has 2 aromatic heterocycles. The highest BCUT2D eigenvalue weighted by Gasteiger charge is 2.14. The van der Waals surface area contributed by atoms with Gasteiger partial charge in [0, 0.05) is 17.3 Å². The number of sulfonamides is 1. The summed E-state index contributed by atoms with van der Waals surface area (Å²) < 4.78 is 25.9. The lowest BCUT2D eigenvalue weighted by Gasteiger charge is -2.08. The van der Waals surface area contributed by atoms with E-state index in [0.717, 1.165) is 16.9 Å². The van der Waals surface area contributed by atoms with Gasteiger partial charge in [-0.3, -0.25) is 9.52 Å². The Balaban J connectivity index is 2.33. The molecular weight excluding hydrogens is 324 g/mol. The van der Waals surface area contributed by atoms with E-state index in [1.165, 1.54) is 18.5 Å². The zero-order valence-electron chi connectivity index (χ0n) is 11.7. The second-order valence-corrected chi connectivity index (χ2v) is 6.57. The van der Waals surface area contributed by atoms with E-state index in [9.17, 15) is 18.0 Å². The molecule has 2 heterocycles. The van der Waals surface area contributed by atoms with E-state index in [1.54, 1.807) is 6.07 Å². The van der Waals surface area contributed by atoms with Crippen LogP contribution in [0.5, 0.6) is 0 Å². The first-order valence-corrected chi connectivity index (χ1v) is 8.16. The molecule has 10 heteroatoms. The first kappa shape index (κ1) is 14.9. The van der Waals surface area contributed by atoms with E-state index in [4.69, 9.17) is 5.11 Å². The lowest BCUT2D eigenvalue weighted by Crippen LogP contribution is -2.23. The van der Waals surface area contributed by atoms with Crippen LogP contribution in [-0.4, -0.2) is 40.1 Å². The predicted molar refractivity (Wildman–Crippen MR) is 82.2 cm³/mol. The summed E-state index contributed by atoms with van der Waals surface area (Å²) in [5, 5.41) is 9.37. The summed E-state index contributed by atoms with van der Waals surface area (Å²) in [7, 11) is -3.46. The van der Waals surface area contributed by atoms with Crippen LogP contribution in [0.3, 0.4) is 0 Å². The second-order valence-electron chi connectivity index (χ2n) is 4.83. The monoisotopic (exact) mass is 334 g/mol. The number of benzene rings is 1. The molecular formula is C13H10N4O5S. The van der Waals surface area contributed by atoms with Crippen molar-refractivity contribution in [3.05, 3.63) is 46.6 Å². The van der Waals surface area contributed by atoms with Crippen LogP contribution in [0.2, 0.25) is 0 Å². The molecule has 0 saturated heterocycles. The molecule has 118 valence electrons. The van der Waals surface area contributed by atoms with Crippen molar-refractivity contribution in [1.82, 2.24) is 14.4 Å². The van der Waals surface area contributed by atoms with Gasteiger partial charge in [0.05, 0.1) is 11.8 Å². The highest BCUT2D eigenvalue weighted by atomic mass is 32.2. The van der Waals surface area contributed by atoms with Crippen molar-refractivity contribution in [2.75, 3.05) is 11.0 Å². The molecule has 0 aliphatic rings. The largest absolute Gasteiger partial charge is 0.477 e. The Bertz CT molecular complexity index is 1120. The number of rotatable bonds is 3. The molecule has 0 atom stereocenters. The van der Waals surface area contributed by atoms with Gasteiger partial charge in [-0.25, -0.2) is 27.6 Å². The SMILES string of the molecule is CS(=O)(=O)Nc1ccc2ncn3c(=O)c(C(=O)O)cnc3c2c1. The van der Waals surface area contributed by atoms with Gasteiger partial charge >= 0.3 is 5.97 Å². The van der Waals surface area contributed by atoms with Crippen LogP contribution in [0, 0.1) is 0 Å². The summed E-state index contributed by atoms with van der Waals surface area (Å²) >= 11 is 0. The number of hydrogen-bond donors (Lipinski definition) is 2. The molecule has 2 N–H and O–H groups in total. The maximum atomic E-state index is 12.1. The summed E-state index contributed by atoms with van der Waals surface area (Å²) in [6.45, 7) is 0. The van der Waals surface area contributed by atoms with Crippen molar-refractivity contribution in [1.29, 1.82) is 0 Å². The minimum absolute atomic E-state index is 0.183. The zero-order chi connectivity index (χ0) is 16.8. The molecule has 0 spiro atoms. The first-order valence-electron chi connectivity index (χ1n) is 6.27. The first-order chi connectivity index (χ1) is 10.8. The van der Waals surface area contributed by atoms with E-state index in [0.29, 0.717) is 10.9 Å². The number of fused-ring (bicyclic) bond motifs is 3. The fraction of sp³-hybridized carbons (Fsp3) is 0.0769. The summed E-state index contributed by atoms with van der Waals surface area (Å²) in [5.41, 5.74) is -0.292.